The molecule has 9 N–H and O–H groups in total. The second-order valence-corrected chi connectivity index (χ2v) is 19.5. The zero-order valence-corrected chi connectivity index (χ0v) is 30.4. The zero-order chi connectivity index (χ0) is 36.2. The summed E-state index contributed by atoms with van der Waals surface area (Å²) in [6.45, 7) is -15.1. The van der Waals surface area contributed by atoms with Crippen LogP contribution in [0.4, 0.5) is 11.6 Å². The number of nitrogens with zero attached hydrogens (tertiary/aromatic N) is 8. The number of fused-ring (bicyclic) bond motifs is 2. The second kappa shape index (κ2) is 14.5. The zero-order valence-electron chi connectivity index (χ0n) is 25.2. The Kier molecular flexibility index (Phi) is 11.0. The highest BCUT2D eigenvalue weighted by molar-refractivity contribution is 8.46. The first-order valence-electron chi connectivity index (χ1n) is 13.9. The molecule has 29 heteroatoms. The number of aliphatic hydroxyl groups excluding tert-OH is 3. The number of thiol groups is 1. The number of ether oxygens (including phenoxy) is 3. The Hall–Kier alpha value is -1.90. The Morgan fingerprint density at radius 1 is 0.800 bits per heavy atom. The highest BCUT2D eigenvalue weighted by Gasteiger charge is 2.48. The Morgan fingerprint density at radius 2 is 1.26 bits per heavy atom. The van der Waals surface area contributed by atoms with E-state index in [4.69, 9.17) is 67.0 Å². The summed E-state index contributed by atoms with van der Waals surface area (Å²) in [4.78, 5) is 45.4. The average Bonchev–Trinajstić information content (AvgIpc) is 3.79. The number of rotatable bonds is 13. The Morgan fingerprint density at radius 3 is 1.76 bits per heavy atom. The summed E-state index contributed by atoms with van der Waals surface area (Å²) < 4.78 is 53.0. The van der Waals surface area contributed by atoms with Crippen molar-refractivity contribution in [3.05, 3.63) is 25.3 Å². The minimum absolute atomic E-state index is 0.0801. The molecule has 11 atom stereocenters. The number of nitrogen functional groups attached to an aromatic ring is 2. The van der Waals surface area contributed by atoms with Crippen LogP contribution in [0.25, 0.3) is 22.3 Å². The summed E-state index contributed by atoms with van der Waals surface area (Å²) in [6, 6.07) is 0. The maximum Gasteiger partial charge on any atom is 0.400 e. The number of aliphatic hydroxyl groups is 3. The molecule has 4 aromatic heterocycles. The predicted molar refractivity (Wildman–Crippen MR) is 180 cm³/mol. The van der Waals surface area contributed by atoms with Gasteiger partial charge in [0, 0.05) is 7.11 Å². The van der Waals surface area contributed by atoms with Gasteiger partial charge in [-0.2, -0.15) is 0 Å². The molecule has 6 rings (SSSR count). The minimum atomic E-state index is -4.81. The number of aromatic nitrogens is 8. The number of nitrogens with two attached hydrogens (primary N) is 2. The molecule has 2 aliphatic heterocycles. The van der Waals surface area contributed by atoms with Crippen LogP contribution in [0.2, 0.25) is 0 Å². The molecular formula is C21H29N10O13P3S3. The average molecular weight is 819 g/mol. The molecule has 4 aromatic rings. The molecule has 0 radical (unpaired) electrons. The third kappa shape index (κ3) is 7.74. The van der Waals surface area contributed by atoms with Crippen LogP contribution < -0.4 is 11.5 Å². The highest BCUT2D eigenvalue weighted by Crippen LogP contribution is 2.72. The normalized spacial score (nSPS) is 30.8. The van der Waals surface area contributed by atoms with Crippen molar-refractivity contribution in [1.29, 1.82) is 0 Å². The fraction of sp³-hybridized carbons (Fsp3) is 0.524. The first-order chi connectivity index (χ1) is 23.5. The van der Waals surface area contributed by atoms with Crippen LogP contribution >= 0.6 is 32.5 Å². The maximum absolute atomic E-state index is 13.0. The third-order valence-corrected chi connectivity index (χ3v) is 14.9. The molecule has 6 heterocycles. The smallest absolute Gasteiger partial charge is 0.387 e. The van der Waals surface area contributed by atoms with Crippen LogP contribution in [0.3, 0.4) is 0 Å². The monoisotopic (exact) mass is 818 g/mol. The molecular weight excluding hydrogens is 789 g/mol. The van der Waals surface area contributed by atoms with Crippen LogP contribution in [0, 0.1) is 0 Å². The number of hydrogen-bond acceptors (Lipinski definition) is 21. The van der Waals surface area contributed by atoms with Crippen molar-refractivity contribution >= 4 is 90.1 Å². The summed E-state index contributed by atoms with van der Waals surface area (Å²) >= 11 is 13.5. The number of methoxy groups -OCH3 is 1. The lowest BCUT2D eigenvalue weighted by molar-refractivity contribution is -0.0566. The summed E-state index contributed by atoms with van der Waals surface area (Å²) in [5, 5.41) is 32.1. The van der Waals surface area contributed by atoms with E-state index in [9.17, 15) is 29.7 Å². The molecule has 0 amide bonds. The van der Waals surface area contributed by atoms with Crippen molar-refractivity contribution < 1.29 is 61.6 Å². The minimum Gasteiger partial charge on any atom is -0.387 e. The largest absolute Gasteiger partial charge is 0.400 e. The van der Waals surface area contributed by atoms with E-state index in [1.807, 2.05) is 0 Å². The number of imidazole rings is 2. The Balaban J connectivity index is 1.04. The summed E-state index contributed by atoms with van der Waals surface area (Å²) in [6.07, 6.45) is -5.01. The van der Waals surface area contributed by atoms with Crippen molar-refractivity contribution in [3.8, 4) is 0 Å². The standard InChI is InChI=1S/C21H29N10O13P3S3/c1-38-15-13(33)9(42-21(15)31-7-29-11-17(23)25-5-27-19(11)31)3-40-46(36,49)44-47(37,50)43-45(35,48)39-2-8-12(32)14(34)20(41-8)30-6-28-10-16(22)24-4-26-18(10)30/h4-9,12-15,20-21,32-34H,2-3H2,1H3,(H,35,48)(H,36,49)(H,37,50)(H2,22,24,26)(H2,23,25,27)/t8-,9-,12-,13-,14-,15-,20-,21-,45?,46?,47?/m1/s1. The molecule has 50 heavy (non-hydrogen) atoms. The van der Waals surface area contributed by atoms with Crippen LogP contribution in [-0.2, 0) is 60.1 Å². The van der Waals surface area contributed by atoms with E-state index in [1.54, 1.807) is 0 Å². The molecule has 0 saturated carbocycles. The van der Waals surface area contributed by atoms with E-state index in [1.165, 1.54) is 41.6 Å². The third-order valence-electron chi connectivity index (χ3n) is 7.46. The van der Waals surface area contributed by atoms with Gasteiger partial charge in [0.25, 0.3) is 0 Å². The molecule has 0 aliphatic carbocycles. The molecule has 2 fully saturated rings. The Bertz CT molecular complexity index is 2030. The summed E-state index contributed by atoms with van der Waals surface area (Å²) in [5.74, 6) is 0.200. The van der Waals surface area contributed by atoms with Gasteiger partial charge < -0.3 is 59.8 Å². The van der Waals surface area contributed by atoms with E-state index >= 15 is 0 Å². The topological polar surface area (TPSA) is 322 Å². The molecule has 2 saturated heterocycles. The molecule has 2 aliphatic rings. The van der Waals surface area contributed by atoms with Crippen LogP contribution in [0.15, 0.2) is 25.3 Å². The van der Waals surface area contributed by atoms with Crippen molar-refractivity contribution in [2.45, 2.75) is 49.1 Å². The second-order valence-electron chi connectivity index (χ2n) is 10.6. The fourth-order valence-electron chi connectivity index (χ4n) is 5.20. The number of hydrogen-bond donors (Lipinski definition) is 8. The predicted octanol–water partition coefficient (Wildman–Crippen LogP) is -0.739. The van der Waals surface area contributed by atoms with Gasteiger partial charge in [0.15, 0.2) is 35.4 Å². The number of anilines is 2. The van der Waals surface area contributed by atoms with Crippen molar-refractivity contribution in [2.24, 2.45) is 0 Å². The van der Waals surface area contributed by atoms with Gasteiger partial charge >= 0.3 is 20.2 Å². The van der Waals surface area contributed by atoms with Gasteiger partial charge in [-0.05, 0) is 23.6 Å². The van der Waals surface area contributed by atoms with Crippen molar-refractivity contribution in [1.82, 2.24) is 39.0 Å². The lowest BCUT2D eigenvalue weighted by Gasteiger charge is -2.25. The summed E-state index contributed by atoms with van der Waals surface area (Å²) in [7, 11) is 1.33. The molecule has 3 unspecified atom stereocenters. The van der Waals surface area contributed by atoms with Crippen molar-refractivity contribution in [3.63, 3.8) is 0 Å². The fourth-order valence-corrected chi connectivity index (χ4v) is 13.3. The van der Waals surface area contributed by atoms with Crippen LogP contribution in [0.5, 0.6) is 0 Å². The lowest BCUT2D eigenvalue weighted by atomic mass is 10.1. The quantitative estimate of drug-likeness (QED) is 0.0608. The van der Waals surface area contributed by atoms with Crippen LogP contribution in [-0.4, -0.2) is 121 Å². The van der Waals surface area contributed by atoms with E-state index < -0.39 is 82.5 Å². The Labute approximate surface area is 296 Å². The van der Waals surface area contributed by atoms with Gasteiger partial charge in [0.2, 0.25) is 0 Å². The lowest BCUT2D eigenvalue weighted by Crippen LogP contribution is -2.35. The van der Waals surface area contributed by atoms with Gasteiger partial charge in [-0.3, -0.25) is 9.13 Å². The first-order valence-corrected chi connectivity index (χ1v) is 21.8. The molecule has 0 aromatic carbocycles. The summed E-state index contributed by atoms with van der Waals surface area (Å²) in [5.41, 5.74) is 12.7. The molecule has 0 bridgehead atoms. The van der Waals surface area contributed by atoms with E-state index in [0.717, 1.165) is 0 Å². The highest BCUT2D eigenvalue weighted by atomic mass is 32.7. The first kappa shape index (κ1) is 37.8. The van der Waals surface area contributed by atoms with E-state index in [-0.39, 0.29) is 28.3 Å². The van der Waals surface area contributed by atoms with Gasteiger partial charge in [-0.15, -0.1) is 0 Å². The van der Waals surface area contributed by atoms with Gasteiger partial charge in [-0.25, -0.2) is 43.1 Å². The molecule has 23 nitrogen and oxygen atoms in total. The SMILES string of the molecule is CO[C@@H]1[C@H](O)[C@@H](COP(O)(=S)OP(=O)(S)OP(O)(=S)OC[C@H]2O[C@@H](n3cnc4c(N)ncnc43)[C@H](O)[C@@H]2O)O[C@H]1n1cnc2c(N)ncnc21. The van der Waals surface area contributed by atoms with Crippen molar-refractivity contribution in [2.75, 3.05) is 31.8 Å². The van der Waals surface area contributed by atoms with E-state index in [0.29, 0.717) is 5.65 Å². The van der Waals surface area contributed by atoms with Gasteiger partial charge in [0.1, 0.15) is 60.3 Å². The van der Waals surface area contributed by atoms with Crippen LogP contribution in [0.1, 0.15) is 12.5 Å². The molecule has 0 spiro atoms. The molecule has 274 valence electrons. The van der Waals surface area contributed by atoms with Gasteiger partial charge in [-0.1, -0.05) is 12.2 Å². The van der Waals surface area contributed by atoms with E-state index in [2.05, 4.69) is 42.2 Å². The van der Waals surface area contributed by atoms with Gasteiger partial charge in [0.05, 0.1) is 25.9 Å². The maximum atomic E-state index is 13.0.